The summed E-state index contributed by atoms with van der Waals surface area (Å²) >= 11 is 0. The first kappa shape index (κ1) is 16.1. The number of hydrogen-bond acceptors (Lipinski definition) is 2. The zero-order valence-corrected chi connectivity index (χ0v) is 14.0. The second kappa shape index (κ2) is 6.74. The number of imidazole rings is 1. The SMILES string of the molecule is Cn1c(=O)n(C)c2cc(CCNC(=O)Cc3ccccc3)ccc21. The summed E-state index contributed by atoms with van der Waals surface area (Å²) in [4.78, 5) is 23.9. The van der Waals surface area contributed by atoms with E-state index in [-0.39, 0.29) is 11.6 Å². The monoisotopic (exact) mass is 323 g/mol. The van der Waals surface area contributed by atoms with Crippen molar-refractivity contribution in [3.63, 3.8) is 0 Å². The summed E-state index contributed by atoms with van der Waals surface area (Å²) in [6, 6.07) is 15.7. The third kappa shape index (κ3) is 3.25. The molecule has 0 saturated heterocycles. The molecule has 0 aliphatic heterocycles. The summed E-state index contributed by atoms with van der Waals surface area (Å²) < 4.78 is 3.29. The zero-order valence-electron chi connectivity index (χ0n) is 14.0. The Bertz CT molecular complexity index is 923. The largest absolute Gasteiger partial charge is 0.355 e. The van der Waals surface area contributed by atoms with E-state index in [1.54, 1.807) is 23.2 Å². The number of carbonyl (C=O) groups excluding carboxylic acids is 1. The minimum absolute atomic E-state index is 0.0226. The molecule has 3 rings (SSSR count). The first-order valence-electron chi connectivity index (χ1n) is 8.01. The molecule has 5 heteroatoms. The van der Waals surface area contributed by atoms with Crippen molar-refractivity contribution in [2.45, 2.75) is 12.8 Å². The normalized spacial score (nSPS) is 10.9. The summed E-state index contributed by atoms with van der Waals surface area (Å²) in [7, 11) is 3.55. The molecule has 24 heavy (non-hydrogen) atoms. The average Bonchev–Trinajstić information content (AvgIpc) is 2.80. The van der Waals surface area contributed by atoms with Gasteiger partial charge in [0.2, 0.25) is 5.91 Å². The van der Waals surface area contributed by atoms with Crippen LogP contribution in [0.15, 0.2) is 53.3 Å². The molecule has 1 aromatic heterocycles. The van der Waals surface area contributed by atoms with Crippen molar-refractivity contribution in [1.29, 1.82) is 0 Å². The van der Waals surface area contributed by atoms with E-state index in [0.717, 1.165) is 28.6 Å². The van der Waals surface area contributed by atoms with Crippen LogP contribution >= 0.6 is 0 Å². The van der Waals surface area contributed by atoms with E-state index in [4.69, 9.17) is 0 Å². The van der Waals surface area contributed by atoms with Crippen LogP contribution in [0.1, 0.15) is 11.1 Å². The molecular weight excluding hydrogens is 302 g/mol. The lowest BCUT2D eigenvalue weighted by atomic mass is 10.1. The van der Waals surface area contributed by atoms with E-state index in [1.807, 2.05) is 48.5 Å². The molecule has 0 aliphatic rings. The average molecular weight is 323 g/mol. The Hall–Kier alpha value is -2.82. The van der Waals surface area contributed by atoms with E-state index < -0.39 is 0 Å². The molecule has 0 fully saturated rings. The fraction of sp³-hybridized carbons (Fsp3) is 0.263. The number of rotatable bonds is 5. The van der Waals surface area contributed by atoms with Gasteiger partial charge in [-0.25, -0.2) is 4.79 Å². The summed E-state index contributed by atoms with van der Waals surface area (Å²) in [6.45, 7) is 0.581. The van der Waals surface area contributed by atoms with Crippen molar-refractivity contribution in [2.75, 3.05) is 6.54 Å². The number of aromatic nitrogens is 2. The molecule has 0 bridgehead atoms. The van der Waals surface area contributed by atoms with Gasteiger partial charge in [0.05, 0.1) is 17.5 Å². The lowest BCUT2D eigenvalue weighted by Gasteiger charge is -2.06. The van der Waals surface area contributed by atoms with Crippen molar-refractivity contribution in [3.05, 3.63) is 70.1 Å². The number of amides is 1. The van der Waals surface area contributed by atoms with Crippen LogP contribution in [-0.4, -0.2) is 21.6 Å². The standard InChI is InChI=1S/C19H21N3O2/c1-21-16-9-8-15(12-17(16)22(2)19(21)24)10-11-20-18(23)13-14-6-4-3-5-7-14/h3-9,12H,10-11,13H2,1-2H3,(H,20,23). The Morgan fingerprint density at radius 3 is 2.42 bits per heavy atom. The number of hydrogen-bond donors (Lipinski definition) is 1. The number of nitrogens with one attached hydrogen (secondary N) is 1. The number of aryl methyl sites for hydroxylation is 2. The molecule has 1 heterocycles. The number of fused-ring (bicyclic) bond motifs is 1. The van der Waals surface area contributed by atoms with Crippen LogP contribution in [0.5, 0.6) is 0 Å². The van der Waals surface area contributed by atoms with Crippen LogP contribution in [0.2, 0.25) is 0 Å². The second-order valence-electron chi connectivity index (χ2n) is 5.99. The molecule has 3 aromatic rings. The van der Waals surface area contributed by atoms with Crippen molar-refractivity contribution in [3.8, 4) is 0 Å². The highest BCUT2D eigenvalue weighted by molar-refractivity contribution is 5.79. The number of carbonyl (C=O) groups is 1. The fourth-order valence-electron chi connectivity index (χ4n) is 2.90. The van der Waals surface area contributed by atoms with Crippen LogP contribution in [0.3, 0.4) is 0 Å². The molecule has 2 aromatic carbocycles. The van der Waals surface area contributed by atoms with Gasteiger partial charge in [-0.05, 0) is 29.7 Å². The van der Waals surface area contributed by atoms with Crippen molar-refractivity contribution in [1.82, 2.24) is 14.5 Å². The highest BCUT2D eigenvalue weighted by atomic mass is 16.2. The molecule has 5 nitrogen and oxygen atoms in total. The first-order valence-corrected chi connectivity index (χ1v) is 8.01. The maximum absolute atomic E-state index is 12.0. The van der Waals surface area contributed by atoms with E-state index in [9.17, 15) is 9.59 Å². The molecule has 0 saturated carbocycles. The summed E-state index contributed by atoms with van der Waals surface area (Å²) in [5.74, 6) is 0.0226. The van der Waals surface area contributed by atoms with Gasteiger partial charge in [-0.1, -0.05) is 36.4 Å². The summed E-state index contributed by atoms with van der Waals surface area (Å²) in [5.41, 5.74) is 3.91. The van der Waals surface area contributed by atoms with Gasteiger partial charge < -0.3 is 5.32 Å². The predicted octanol–water partition coefficient (Wildman–Crippen LogP) is 1.78. The van der Waals surface area contributed by atoms with E-state index in [0.29, 0.717) is 13.0 Å². The van der Waals surface area contributed by atoms with Crippen LogP contribution in [0.4, 0.5) is 0 Å². The Morgan fingerprint density at radius 1 is 0.958 bits per heavy atom. The van der Waals surface area contributed by atoms with Gasteiger partial charge in [-0.15, -0.1) is 0 Å². The fourth-order valence-corrected chi connectivity index (χ4v) is 2.90. The van der Waals surface area contributed by atoms with Crippen LogP contribution in [-0.2, 0) is 31.7 Å². The van der Waals surface area contributed by atoms with E-state index in [1.165, 1.54) is 0 Å². The highest BCUT2D eigenvalue weighted by Gasteiger charge is 2.08. The predicted molar refractivity (Wildman–Crippen MR) is 95.0 cm³/mol. The van der Waals surface area contributed by atoms with Gasteiger partial charge in [-0.2, -0.15) is 0 Å². The van der Waals surface area contributed by atoms with Gasteiger partial charge in [0, 0.05) is 20.6 Å². The van der Waals surface area contributed by atoms with Crippen molar-refractivity contribution >= 4 is 16.9 Å². The summed E-state index contributed by atoms with van der Waals surface area (Å²) in [6.07, 6.45) is 1.13. The molecule has 0 spiro atoms. The molecule has 0 aliphatic carbocycles. The minimum Gasteiger partial charge on any atom is -0.355 e. The smallest absolute Gasteiger partial charge is 0.328 e. The number of nitrogens with zero attached hydrogens (tertiary/aromatic N) is 2. The number of benzene rings is 2. The third-order valence-corrected chi connectivity index (χ3v) is 4.28. The van der Waals surface area contributed by atoms with Crippen LogP contribution in [0.25, 0.3) is 11.0 Å². The highest BCUT2D eigenvalue weighted by Crippen LogP contribution is 2.14. The molecular formula is C19H21N3O2. The Morgan fingerprint density at radius 2 is 1.67 bits per heavy atom. The van der Waals surface area contributed by atoms with Gasteiger partial charge in [0.15, 0.2) is 0 Å². The molecule has 124 valence electrons. The third-order valence-electron chi connectivity index (χ3n) is 4.28. The zero-order chi connectivity index (χ0) is 17.1. The lowest BCUT2D eigenvalue weighted by molar-refractivity contribution is -0.120. The van der Waals surface area contributed by atoms with Gasteiger partial charge in [0.25, 0.3) is 0 Å². The van der Waals surface area contributed by atoms with E-state index >= 15 is 0 Å². The molecule has 1 amide bonds. The van der Waals surface area contributed by atoms with Crippen LogP contribution < -0.4 is 11.0 Å². The maximum atomic E-state index is 12.0. The van der Waals surface area contributed by atoms with Crippen LogP contribution in [0, 0.1) is 0 Å². The van der Waals surface area contributed by atoms with Crippen molar-refractivity contribution in [2.24, 2.45) is 14.1 Å². The second-order valence-corrected chi connectivity index (χ2v) is 5.99. The first-order chi connectivity index (χ1) is 11.6. The quantitative estimate of drug-likeness (QED) is 0.778. The van der Waals surface area contributed by atoms with Crippen molar-refractivity contribution < 1.29 is 4.79 Å². The molecule has 1 N–H and O–H groups in total. The minimum atomic E-state index is -0.0293. The topological polar surface area (TPSA) is 56.0 Å². The van der Waals surface area contributed by atoms with Gasteiger partial charge >= 0.3 is 5.69 Å². The Labute approximate surface area is 140 Å². The maximum Gasteiger partial charge on any atom is 0.328 e. The van der Waals surface area contributed by atoms with Gasteiger partial charge in [0.1, 0.15) is 0 Å². The lowest BCUT2D eigenvalue weighted by Crippen LogP contribution is -2.27. The van der Waals surface area contributed by atoms with E-state index in [2.05, 4.69) is 5.32 Å². The Balaban J connectivity index is 1.61. The molecule has 0 unspecified atom stereocenters. The molecule has 0 atom stereocenters. The molecule has 0 radical (unpaired) electrons. The summed E-state index contributed by atoms with van der Waals surface area (Å²) in [5, 5.41) is 2.95. The van der Waals surface area contributed by atoms with Gasteiger partial charge in [-0.3, -0.25) is 13.9 Å². The Kier molecular flexibility index (Phi) is 4.51.